The number of aromatic nitrogens is 4. The van der Waals surface area contributed by atoms with Gasteiger partial charge in [0, 0.05) is 31.0 Å². The number of halogens is 4. The zero-order valence-corrected chi connectivity index (χ0v) is 22.6. The average molecular weight is 594 g/mol. The van der Waals surface area contributed by atoms with Crippen LogP contribution in [0.2, 0.25) is 0 Å². The van der Waals surface area contributed by atoms with Crippen LogP contribution in [-0.4, -0.2) is 68.4 Å². The number of alkyl halides is 4. The van der Waals surface area contributed by atoms with E-state index in [0.29, 0.717) is 11.3 Å². The molecule has 3 aromatic rings. The summed E-state index contributed by atoms with van der Waals surface area (Å²) >= 11 is 0. The molecule has 226 valence electrons. The first-order valence-electron chi connectivity index (χ1n) is 13.4. The van der Waals surface area contributed by atoms with Crippen LogP contribution in [0.15, 0.2) is 53.6 Å². The van der Waals surface area contributed by atoms with Crippen molar-refractivity contribution >= 4 is 17.5 Å². The Bertz CT molecular complexity index is 1420. The number of nitrogens with one attached hydrogen (secondary N) is 2. The third-order valence-corrected chi connectivity index (χ3v) is 6.52. The third-order valence-electron chi connectivity index (χ3n) is 6.52. The molecule has 0 saturated carbocycles. The molecule has 42 heavy (non-hydrogen) atoms. The van der Waals surface area contributed by atoms with Crippen LogP contribution in [0.3, 0.4) is 0 Å². The lowest BCUT2D eigenvalue weighted by molar-refractivity contribution is -0.274. The molecule has 1 aliphatic heterocycles. The van der Waals surface area contributed by atoms with Gasteiger partial charge in [-0.3, -0.25) is 19.3 Å². The molecule has 4 rings (SSSR count). The van der Waals surface area contributed by atoms with Gasteiger partial charge in [-0.15, -0.1) is 18.3 Å². The molecular weight excluding hydrogens is 562 g/mol. The maximum atomic E-state index is 14.7. The van der Waals surface area contributed by atoms with Gasteiger partial charge >= 0.3 is 6.36 Å². The van der Waals surface area contributed by atoms with Crippen molar-refractivity contribution < 1.29 is 31.9 Å². The Morgan fingerprint density at radius 1 is 1.10 bits per heavy atom. The number of piperidine rings is 1. The van der Waals surface area contributed by atoms with E-state index in [4.69, 9.17) is 0 Å². The molecule has 0 spiro atoms. The van der Waals surface area contributed by atoms with Crippen molar-refractivity contribution in [3.63, 3.8) is 0 Å². The van der Waals surface area contributed by atoms with E-state index in [-0.39, 0.29) is 49.8 Å². The highest BCUT2D eigenvalue weighted by molar-refractivity contribution is 5.92. The lowest BCUT2D eigenvalue weighted by Crippen LogP contribution is -2.37. The second kappa shape index (κ2) is 14.1. The van der Waals surface area contributed by atoms with Crippen LogP contribution in [0, 0.1) is 0 Å². The van der Waals surface area contributed by atoms with Gasteiger partial charge in [0.2, 0.25) is 5.91 Å². The number of nitrogens with zero attached hydrogens (tertiary/aromatic N) is 5. The molecule has 15 heteroatoms. The summed E-state index contributed by atoms with van der Waals surface area (Å²) in [6.07, 6.45) is -0.211. The quantitative estimate of drug-likeness (QED) is 0.310. The summed E-state index contributed by atoms with van der Waals surface area (Å²) in [4.78, 5) is 39.2. The number of carbonyl (C=O) groups is 2. The number of hydrogen-bond acceptors (Lipinski definition) is 7. The molecule has 1 fully saturated rings. The highest BCUT2D eigenvalue weighted by Gasteiger charge is 2.31. The number of hydrogen-bond donors (Lipinski definition) is 2. The zero-order valence-electron chi connectivity index (χ0n) is 22.6. The van der Waals surface area contributed by atoms with E-state index < -0.39 is 24.2 Å². The van der Waals surface area contributed by atoms with Crippen LogP contribution in [0.1, 0.15) is 41.7 Å². The van der Waals surface area contributed by atoms with Crippen LogP contribution in [-0.2, 0) is 24.4 Å². The second-order valence-corrected chi connectivity index (χ2v) is 9.92. The zero-order chi connectivity index (χ0) is 30.1. The lowest BCUT2D eigenvalue weighted by Gasteiger charge is -2.25. The average Bonchev–Trinajstić information content (AvgIpc) is 3.39. The molecule has 1 aliphatic rings. The van der Waals surface area contributed by atoms with Gasteiger partial charge in [-0.25, -0.2) is 9.07 Å². The van der Waals surface area contributed by atoms with Crippen molar-refractivity contribution in [3.8, 4) is 5.75 Å². The van der Waals surface area contributed by atoms with Gasteiger partial charge < -0.3 is 19.9 Å². The van der Waals surface area contributed by atoms with Crippen molar-refractivity contribution in [2.45, 2.75) is 57.9 Å². The molecule has 1 unspecified atom stereocenters. The number of ether oxygens (including phenoxy) is 1. The molecule has 11 nitrogen and oxygen atoms in total. The maximum absolute atomic E-state index is 14.7. The van der Waals surface area contributed by atoms with Gasteiger partial charge in [0.25, 0.3) is 11.5 Å². The van der Waals surface area contributed by atoms with Gasteiger partial charge in [-0.05, 0) is 56.1 Å². The highest BCUT2D eigenvalue weighted by Crippen LogP contribution is 2.23. The fourth-order valence-electron chi connectivity index (χ4n) is 4.48. The molecule has 0 aliphatic carbocycles. The van der Waals surface area contributed by atoms with Crippen molar-refractivity contribution in [3.05, 3.63) is 70.4 Å². The fourth-order valence-corrected chi connectivity index (χ4v) is 4.48. The van der Waals surface area contributed by atoms with Crippen molar-refractivity contribution in [1.29, 1.82) is 0 Å². The first kappa shape index (κ1) is 30.7. The number of benzene rings is 1. The molecule has 0 radical (unpaired) electrons. The van der Waals surface area contributed by atoms with Gasteiger partial charge in [-0.1, -0.05) is 23.8 Å². The molecule has 0 bridgehead atoms. The van der Waals surface area contributed by atoms with E-state index in [9.17, 15) is 31.9 Å². The number of rotatable bonds is 12. The molecule has 2 N–H and O–H groups in total. The Labute approximate surface area is 238 Å². The summed E-state index contributed by atoms with van der Waals surface area (Å²) in [6.45, 7) is 1.81. The van der Waals surface area contributed by atoms with Crippen molar-refractivity contribution in [1.82, 2.24) is 29.8 Å². The summed E-state index contributed by atoms with van der Waals surface area (Å²) < 4.78 is 58.2. The smallest absolute Gasteiger partial charge is 0.406 e. The van der Waals surface area contributed by atoms with E-state index in [2.05, 4.69) is 30.6 Å². The Hall–Kier alpha value is -4.27. The molecular formula is C27H31F4N7O4. The fraction of sp³-hybridized carbons (Fsp3) is 0.444. The van der Waals surface area contributed by atoms with E-state index in [1.807, 2.05) is 0 Å². The maximum Gasteiger partial charge on any atom is 0.573 e. The number of pyridine rings is 1. The summed E-state index contributed by atoms with van der Waals surface area (Å²) in [6, 6.07) is 8.04. The minimum Gasteiger partial charge on any atom is -0.406 e. The lowest BCUT2D eigenvalue weighted by atomic mass is 10.1. The van der Waals surface area contributed by atoms with Crippen molar-refractivity contribution in [2.24, 2.45) is 0 Å². The SMILES string of the molecule is O=C(CN1CCCCC1)Nc1ccn(CCC(F)Cn2cc(C(=O)NCc3cccc(OC(F)(F)F)c3)nn2)c(=O)c1. The van der Waals surface area contributed by atoms with E-state index in [1.54, 1.807) is 6.07 Å². The number of anilines is 1. The van der Waals surface area contributed by atoms with E-state index in [0.717, 1.165) is 42.7 Å². The topological polar surface area (TPSA) is 123 Å². The molecule has 3 heterocycles. The Morgan fingerprint density at radius 3 is 2.62 bits per heavy atom. The second-order valence-electron chi connectivity index (χ2n) is 9.92. The minimum absolute atomic E-state index is 0.0156. The molecule has 1 aromatic carbocycles. The predicted octanol–water partition coefficient (Wildman–Crippen LogP) is 3.12. The molecule has 1 atom stereocenters. The third kappa shape index (κ3) is 9.68. The Kier molecular flexibility index (Phi) is 10.3. The van der Waals surface area contributed by atoms with Crippen LogP contribution in [0.25, 0.3) is 0 Å². The predicted molar refractivity (Wildman–Crippen MR) is 143 cm³/mol. The summed E-state index contributed by atoms with van der Waals surface area (Å²) in [5.74, 6) is -1.25. The Morgan fingerprint density at radius 2 is 1.88 bits per heavy atom. The molecule has 1 saturated heterocycles. The normalized spacial score (nSPS) is 14.8. The minimum atomic E-state index is -4.83. The van der Waals surface area contributed by atoms with Gasteiger partial charge in [-0.2, -0.15) is 0 Å². The van der Waals surface area contributed by atoms with Crippen LogP contribution >= 0.6 is 0 Å². The number of aryl methyl sites for hydroxylation is 1. The molecule has 2 amide bonds. The van der Waals surface area contributed by atoms with Crippen molar-refractivity contribution in [2.75, 3.05) is 25.0 Å². The van der Waals surface area contributed by atoms with Gasteiger partial charge in [0.05, 0.1) is 19.3 Å². The summed E-state index contributed by atoms with van der Waals surface area (Å²) in [5, 5.41) is 12.7. The number of likely N-dealkylation sites (tertiary alicyclic amines) is 1. The Balaban J connectivity index is 1.21. The first-order chi connectivity index (χ1) is 20.0. The van der Waals surface area contributed by atoms with Gasteiger partial charge in [0.1, 0.15) is 11.9 Å². The monoisotopic (exact) mass is 593 g/mol. The highest BCUT2D eigenvalue weighted by atomic mass is 19.4. The summed E-state index contributed by atoms with van der Waals surface area (Å²) in [5.41, 5.74) is 0.266. The van der Waals surface area contributed by atoms with Crippen LogP contribution in [0.5, 0.6) is 5.75 Å². The number of carbonyl (C=O) groups excluding carboxylic acids is 2. The van der Waals surface area contributed by atoms with Gasteiger partial charge in [0.15, 0.2) is 5.69 Å². The largest absolute Gasteiger partial charge is 0.573 e. The van der Waals surface area contributed by atoms with E-state index in [1.165, 1.54) is 41.6 Å². The number of amides is 2. The standard InChI is InChI=1S/C27H31F4N7O4/c28-20(7-11-37-12-8-21(14-25(37)40)33-24(39)18-36-9-2-1-3-10-36)16-38-17-23(34-35-38)26(41)32-15-19-5-4-6-22(13-19)42-27(29,30)31/h4-6,8,12-14,17,20H,1-3,7,9-11,15-16,18H2,(H,32,41)(H,33,39). The van der Waals surface area contributed by atoms with Crippen LogP contribution in [0.4, 0.5) is 23.2 Å². The van der Waals surface area contributed by atoms with Crippen LogP contribution < -0.4 is 20.9 Å². The van der Waals surface area contributed by atoms with E-state index >= 15 is 0 Å². The molecule has 2 aromatic heterocycles. The summed E-state index contributed by atoms with van der Waals surface area (Å²) in [7, 11) is 0. The first-order valence-corrected chi connectivity index (χ1v) is 13.4.